The quantitative estimate of drug-likeness (QED) is 0.772. The summed E-state index contributed by atoms with van der Waals surface area (Å²) in [6, 6.07) is 7.91. The largest absolute Gasteiger partial charge is 0.492 e. The topological polar surface area (TPSA) is 44.7 Å². The lowest BCUT2D eigenvalue weighted by molar-refractivity contribution is 0.117. The predicted molar refractivity (Wildman–Crippen MR) is 75.4 cm³/mol. The van der Waals surface area contributed by atoms with Crippen molar-refractivity contribution in [2.75, 3.05) is 38.8 Å². The van der Waals surface area contributed by atoms with E-state index >= 15 is 0 Å². The molecule has 0 aliphatic rings. The Labute approximate surface area is 110 Å². The van der Waals surface area contributed by atoms with Gasteiger partial charge in [-0.2, -0.15) is 0 Å². The van der Waals surface area contributed by atoms with E-state index in [2.05, 4.69) is 5.32 Å². The van der Waals surface area contributed by atoms with Crippen LogP contribution in [0.4, 0.5) is 5.69 Å². The maximum Gasteiger partial charge on any atom is 0.121 e. The first-order valence-electron chi connectivity index (χ1n) is 6.27. The van der Waals surface area contributed by atoms with E-state index < -0.39 is 5.54 Å². The van der Waals surface area contributed by atoms with E-state index in [1.165, 1.54) is 0 Å². The number of rotatable bonds is 7. The second kappa shape index (κ2) is 6.61. The molecule has 0 spiro atoms. The van der Waals surface area contributed by atoms with Gasteiger partial charge >= 0.3 is 0 Å². The zero-order valence-electron chi connectivity index (χ0n) is 11.7. The summed E-state index contributed by atoms with van der Waals surface area (Å²) in [5, 5.41) is 12.6. The van der Waals surface area contributed by atoms with Crippen LogP contribution in [0.3, 0.4) is 0 Å². The first kappa shape index (κ1) is 14.8. The fraction of sp³-hybridized carbons (Fsp3) is 0.571. The molecule has 102 valence electrons. The molecule has 0 saturated carbocycles. The lowest BCUT2D eigenvalue weighted by Gasteiger charge is -2.28. The maximum absolute atomic E-state index is 9.39. The van der Waals surface area contributed by atoms with Gasteiger partial charge in [0.1, 0.15) is 12.4 Å². The number of nitrogens with zero attached hydrogens (tertiary/aromatic N) is 1. The lowest BCUT2D eigenvalue weighted by Crippen LogP contribution is -2.50. The van der Waals surface area contributed by atoms with E-state index in [0.29, 0.717) is 6.61 Å². The molecule has 1 atom stereocenters. The van der Waals surface area contributed by atoms with Crippen molar-refractivity contribution < 1.29 is 9.84 Å². The Morgan fingerprint density at radius 1 is 1.39 bits per heavy atom. The molecule has 0 heterocycles. The average molecular weight is 252 g/mol. The summed E-state index contributed by atoms with van der Waals surface area (Å²) >= 11 is 0. The van der Waals surface area contributed by atoms with Crippen molar-refractivity contribution in [3.8, 4) is 5.75 Å². The first-order valence-corrected chi connectivity index (χ1v) is 6.27. The van der Waals surface area contributed by atoms with Crippen molar-refractivity contribution >= 4 is 5.69 Å². The van der Waals surface area contributed by atoms with Gasteiger partial charge in [0.05, 0.1) is 12.1 Å². The van der Waals surface area contributed by atoms with Crippen LogP contribution in [0.1, 0.15) is 13.8 Å². The molecule has 18 heavy (non-hydrogen) atoms. The Balaban J connectivity index is 2.65. The Morgan fingerprint density at radius 2 is 2.11 bits per heavy atom. The number of hydrogen-bond acceptors (Lipinski definition) is 4. The van der Waals surface area contributed by atoms with E-state index in [4.69, 9.17) is 4.74 Å². The molecule has 1 rings (SSSR count). The second-order valence-corrected chi connectivity index (χ2v) is 4.93. The molecule has 1 unspecified atom stereocenters. The molecule has 1 aromatic rings. The summed E-state index contributed by atoms with van der Waals surface area (Å²) in [7, 11) is 3.99. The number of aliphatic hydroxyl groups is 1. The minimum atomic E-state index is -0.400. The van der Waals surface area contributed by atoms with Gasteiger partial charge in [-0.1, -0.05) is 13.0 Å². The molecular formula is C14H24N2O2. The van der Waals surface area contributed by atoms with Crippen LogP contribution in [0.2, 0.25) is 0 Å². The standard InChI is InChI=1S/C14H24N2O2/c1-5-15-14(2,10-17)11-18-13-8-6-7-12(9-13)16(3)4/h6-9,15,17H,5,10-11H2,1-4H3. The predicted octanol–water partition coefficient (Wildman–Crippen LogP) is 1.49. The highest BCUT2D eigenvalue weighted by molar-refractivity contribution is 5.49. The monoisotopic (exact) mass is 252 g/mol. The van der Waals surface area contributed by atoms with Crippen molar-refractivity contribution in [1.82, 2.24) is 5.32 Å². The Bertz CT molecular complexity index is 369. The van der Waals surface area contributed by atoms with Crippen LogP contribution in [-0.4, -0.2) is 44.5 Å². The number of hydrogen-bond donors (Lipinski definition) is 2. The van der Waals surface area contributed by atoms with Crippen LogP contribution in [0.25, 0.3) is 0 Å². The van der Waals surface area contributed by atoms with E-state index in [-0.39, 0.29) is 6.61 Å². The van der Waals surface area contributed by atoms with Gasteiger partial charge in [0.25, 0.3) is 0 Å². The molecule has 0 saturated heterocycles. The molecule has 1 aromatic carbocycles. The normalized spacial score (nSPS) is 14.1. The third-order valence-corrected chi connectivity index (χ3v) is 2.84. The van der Waals surface area contributed by atoms with Crippen molar-refractivity contribution in [2.24, 2.45) is 0 Å². The van der Waals surface area contributed by atoms with Gasteiger partial charge < -0.3 is 20.1 Å². The van der Waals surface area contributed by atoms with Crippen molar-refractivity contribution in [3.63, 3.8) is 0 Å². The summed E-state index contributed by atoms with van der Waals surface area (Å²) in [6.07, 6.45) is 0. The number of anilines is 1. The van der Waals surface area contributed by atoms with E-state index in [9.17, 15) is 5.11 Å². The van der Waals surface area contributed by atoms with Crippen LogP contribution < -0.4 is 15.0 Å². The van der Waals surface area contributed by atoms with Gasteiger partial charge in [-0.15, -0.1) is 0 Å². The molecule has 0 fully saturated rings. The fourth-order valence-electron chi connectivity index (χ4n) is 1.67. The van der Waals surface area contributed by atoms with Gasteiger partial charge in [0, 0.05) is 25.8 Å². The van der Waals surface area contributed by atoms with Crippen molar-refractivity contribution in [2.45, 2.75) is 19.4 Å². The SMILES string of the molecule is CCNC(C)(CO)COc1cccc(N(C)C)c1. The zero-order chi connectivity index (χ0) is 13.6. The Hall–Kier alpha value is -1.26. The summed E-state index contributed by atoms with van der Waals surface area (Å²) in [4.78, 5) is 2.03. The van der Waals surface area contributed by atoms with Gasteiger partial charge in [-0.05, 0) is 25.6 Å². The molecule has 0 amide bonds. The smallest absolute Gasteiger partial charge is 0.121 e. The van der Waals surface area contributed by atoms with Crippen LogP contribution >= 0.6 is 0 Å². The van der Waals surface area contributed by atoms with E-state index in [0.717, 1.165) is 18.0 Å². The molecule has 4 heteroatoms. The lowest BCUT2D eigenvalue weighted by atomic mass is 10.1. The highest BCUT2D eigenvalue weighted by Gasteiger charge is 2.22. The molecule has 2 N–H and O–H groups in total. The molecule has 0 aliphatic heterocycles. The van der Waals surface area contributed by atoms with Gasteiger partial charge in [-0.3, -0.25) is 0 Å². The first-order chi connectivity index (χ1) is 8.50. The number of benzene rings is 1. The van der Waals surface area contributed by atoms with Gasteiger partial charge in [0.15, 0.2) is 0 Å². The summed E-state index contributed by atoms with van der Waals surface area (Å²) in [6.45, 7) is 5.26. The van der Waals surface area contributed by atoms with Crippen molar-refractivity contribution in [3.05, 3.63) is 24.3 Å². The minimum Gasteiger partial charge on any atom is -0.492 e. The highest BCUT2D eigenvalue weighted by Crippen LogP contribution is 2.20. The second-order valence-electron chi connectivity index (χ2n) is 4.93. The van der Waals surface area contributed by atoms with Crippen molar-refractivity contribution in [1.29, 1.82) is 0 Å². The van der Waals surface area contributed by atoms with Crippen LogP contribution in [0.15, 0.2) is 24.3 Å². The Morgan fingerprint density at radius 3 is 2.67 bits per heavy atom. The minimum absolute atomic E-state index is 0.0498. The number of nitrogens with one attached hydrogen (secondary N) is 1. The third kappa shape index (κ3) is 4.20. The van der Waals surface area contributed by atoms with Gasteiger partial charge in [0.2, 0.25) is 0 Å². The fourth-order valence-corrected chi connectivity index (χ4v) is 1.67. The zero-order valence-corrected chi connectivity index (χ0v) is 11.7. The van der Waals surface area contributed by atoms with Gasteiger partial charge in [-0.25, -0.2) is 0 Å². The third-order valence-electron chi connectivity index (χ3n) is 2.84. The molecule has 0 bridgehead atoms. The Kier molecular flexibility index (Phi) is 5.44. The van der Waals surface area contributed by atoms with Crippen LogP contribution in [0.5, 0.6) is 5.75 Å². The molecule has 0 radical (unpaired) electrons. The summed E-state index contributed by atoms with van der Waals surface area (Å²) in [5.74, 6) is 0.818. The van der Waals surface area contributed by atoms with Crippen LogP contribution in [0, 0.1) is 0 Å². The molecular weight excluding hydrogens is 228 g/mol. The average Bonchev–Trinajstić information content (AvgIpc) is 2.37. The summed E-state index contributed by atoms with van der Waals surface area (Å²) < 4.78 is 5.76. The van der Waals surface area contributed by atoms with Crippen LogP contribution in [-0.2, 0) is 0 Å². The molecule has 4 nitrogen and oxygen atoms in total. The summed E-state index contributed by atoms with van der Waals surface area (Å²) in [5.41, 5.74) is 0.699. The maximum atomic E-state index is 9.39. The number of ether oxygens (including phenoxy) is 1. The number of aliphatic hydroxyl groups excluding tert-OH is 1. The molecule has 0 aromatic heterocycles. The van der Waals surface area contributed by atoms with E-state index in [1.807, 2.05) is 57.1 Å². The number of likely N-dealkylation sites (N-methyl/N-ethyl adjacent to an activating group) is 1. The van der Waals surface area contributed by atoms with E-state index in [1.54, 1.807) is 0 Å². The molecule has 0 aliphatic carbocycles. The highest BCUT2D eigenvalue weighted by atomic mass is 16.5.